The number of benzene rings is 8. The molecule has 0 N–H and O–H groups in total. The molecule has 330 valence electrons. The van der Waals surface area contributed by atoms with Crippen LogP contribution >= 0.6 is 22.7 Å². The summed E-state index contributed by atoms with van der Waals surface area (Å²) in [5, 5.41) is 5.11. The Balaban J connectivity index is 0.729. The Hall–Kier alpha value is -7.76. The van der Waals surface area contributed by atoms with Gasteiger partial charge in [0.05, 0.1) is 22.1 Å². The Labute approximate surface area is 411 Å². The molecule has 4 aromatic heterocycles. The van der Waals surface area contributed by atoms with Crippen LogP contribution in [0.3, 0.4) is 0 Å². The van der Waals surface area contributed by atoms with Crippen molar-refractivity contribution in [3.63, 3.8) is 0 Å². The molecule has 69 heavy (non-hydrogen) atoms. The minimum Gasteiger partial charge on any atom is -0.309 e. The van der Waals surface area contributed by atoms with E-state index in [9.17, 15) is 0 Å². The van der Waals surface area contributed by atoms with E-state index >= 15 is 0 Å². The van der Waals surface area contributed by atoms with Crippen molar-refractivity contribution in [2.24, 2.45) is 0 Å². The van der Waals surface area contributed by atoms with Crippen LogP contribution in [-0.4, -0.2) is 9.13 Å². The number of hydrogen-bond donors (Lipinski definition) is 0. The van der Waals surface area contributed by atoms with E-state index in [-0.39, 0.29) is 5.41 Å². The molecule has 0 spiro atoms. The summed E-state index contributed by atoms with van der Waals surface area (Å²) >= 11 is 3.69. The van der Waals surface area contributed by atoms with Crippen LogP contribution in [0, 0.1) is 13.8 Å². The van der Waals surface area contributed by atoms with E-state index in [0.717, 1.165) is 0 Å². The molecule has 0 atom stereocenters. The zero-order valence-corrected chi connectivity index (χ0v) is 40.6. The second kappa shape index (κ2) is 16.2. The normalized spacial score (nSPS) is 13.2. The number of nitrogens with zero attached hydrogens (tertiary/aromatic N) is 2. The Morgan fingerprint density at radius 3 is 1.25 bits per heavy atom. The van der Waals surface area contributed by atoms with Crippen LogP contribution in [-0.2, 0) is 5.41 Å². The molecule has 0 aliphatic heterocycles. The third kappa shape index (κ3) is 7.05. The quantitative estimate of drug-likeness (QED) is 0.144. The minimum absolute atomic E-state index is 0.118. The van der Waals surface area contributed by atoms with Gasteiger partial charge in [0.2, 0.25) is 0 Å². The first-order valence-electron chi connectivity index (χ1n) is 23.8. The summed E-state index contributed by atoms with van der Waals surface area (Å²) in [7, 11) is 0. The van der Waals surface area contributed by atoms with Gasteiger partial charge in [0.1, 0.15) is 0 Å². The van der Waals surface area contributed by atoms with Crippen LogP contribution in [0.1, 0.15) is 57.0 Å². The smallest absolute Gasteiger partial charge is 0.0541 e. The van der Waals surface area contributed by atoms with Gasteiger partial charge in [0, 0.05) is 57.8 Å². The summed E-state index contributed by atoms with van der Waals surface area (Å²) in [5.41, 5.74) is 20.1. The highest BCUT2D eigenvalue weighted by molar-refractivity contribution is 7.16. The maximum Gasteiger partial charge on any atom is 0.0541 e. The summed E-state index contributed by atoms with van der Waals surface area (Å²) < 4.78 is 4.78. The number of hydrogen-bond acceptors (Lipinski definition) is 2. The largest absolute Gasteiger partial charge is 0.309 e. The van der Waals surface area contributed by atoms with Gasteiger partial charge in [0.15, 0.2) is 0 Å². The van der Waals surface area contributed by atoms with Gasteiger partial charge < -0.3 is 9.13 Å². The first-order valence-corrected chi connectivity index (χ1v) is 25.4. The molecule has 12 aromatic rings. The summed E-state index contributed by atoms with van der Waals surface area (Å²) in [5.74, 6) is 0. The van der Waals surface area contributed by atoms with Gasteiger partial charge in [-0.1, -0.05) is 146 Å². The van der Waals surface area contributed by atoms with Crippen LogP contribution in [0.15, 0.2) is 194 Å². The second-order valence-corrected chi connectivity index (χ2v) is 21.4. The highest BCUT2D eigenvalue weighted by atomic mass is 32.1. The van der Waals surface area contributed by atoms with E-state index in [1.807, 2.05) is 22.7 Å². The van der Waals surface area contributed by atoms with Crippen LogP contribution < -0.4 is 0 Å². The van der Waals surface area contributed by atoms with Gasteiger partial charge in [-0.2, -0.15) is 0 Å². The maximum absolute atomic E-state index is 2.40. The molecule has 0 unspecified atom stereocenters. The SMILES string of the molecule is Cc1ccc(-n2c3ccccc3c3cc(-c4ccc(C=Cc5ccc6c(c5)C(C)(C)c5cc(C=Cc7ccc(-c8ccc9c(c8)c8ccccc8n9-c8ccc(C)cc8)s7)ccc5-6)s4)ccc32)cc1. The van der Waals surface area contributed by atoms with E-state index in [1.54, 1.807) is 0 Å². The Morgan fingerprint density at radius 1 is 0.377 bits per heavy atom. The van der Waals surface area contributed by atoms with E-state index in [0.29, 0.717) is 0 Å². The number of rotatable bonds is 8. The van der Waals surface area contributed by atoms with Crippen molar-refractivity contribution >= 4 is 90.6 Å². The monoisotopic (exact) mass is 920 g/mol. The molecule has 4 heteroatoms. The molecule has 0 saturated carbocycles. The molecule has 2 nitrogen and oxygen atoms in total. The van der Waals surface area contributed by atoms with E-state index in [1.165, 1.54) is 130 Å². The van der Waals surface area contributed by atoms with Gasteiger partial charge >= 0.3 is 0 Å². The van der Waals surface area contributed by atoms with Crippen molar-refractivity contribution < 1.29 is 0 Å². The molecule has 4 heterocycles. The highest BCUT2D eigenvalue weighted by Gasteiger charge is 2.35. The van der Waals surface area contributed by atoms with Crippen LogP contribution in [0.25, 0.3) is 111 Å². The van der Waals surface area contributed by atoms with Gasteiger partial charge in [-0.05, 0) is 155 Å². The van der Waals surface area contributed by atoms with Crippen LogP contribution in [0.4, 0.5) is 0 Å². The summed E-state index contributed by atoms with van der Waals surface area (Å²) in [6, 6.07) is 72.1. The van der Waals surface area contributed by atoms with Crippen molar-refractivity contribution in [1.82, 2.24) is 9.13 Å². The summed E-state index contributed by atoms with van der Waals surface area (Å²) in [4.78, 5) is 5.03. The molecule has 0 bridgehead atoms. The van der Waals surface area contributed by atoms with E-state index in [4.69, 9.17) is 0 Å². The second-order valence-electron chi connectivity index (χ2n) is 19.1. The molecule has 8 aromatic carbocycles. The van der Waals surface area contributed by atoms with Crippen molar-refractivity contribution in [2.45, 2.75) is 33.1 Å². The zero-order chi connectivity index (χ0) is 46.4. The van der Waals surface area contributed by atoms with Crippen molar-refractivity contribution in [3.05, 3.63) is 237 Å². The third-order valence-electron chi connectivity index (χ3n) is 14.4. The average Bonchev–Trinajstić information content (AvgIpc) is 4.22. The molecule has 0 amide bonds. The molecule has 13 rings (SSSR count). The molecular formula is C65H48N2S2. The fourth-order valence-corrected chi connectivity index (χ4v) is 12.5. The lowest BCUT2D eigenvalue weighted by Gasteiger charge is -2.22. The Morgan fingerprint density at radius 2 is 0.797 bits per heavy atom. The number of aromatic nitrogens is 2. The summed E-state index contributed by atoms with van der Waals surface area (Å²) in [6.07, 6.45) is 9.10. The maximum atomic E-state index is 2.40. The van der Waals surface area contributed by atoms with Gasteiger partial charge in [-0.15, -0.1) is 22.7 Å². The van der Waals surface area contributed by atoms with E-state index in [2.05, 4.69) is 255 Å². The molecule has 0 radical (unpaired) electrons. The molecule has 0 saturated heterocycles. The van der Waals surface area contributed by atoms with Crippen molar-refractivity contribution in [2.75, 3.05) is 0 Å². The summed E-state index contributed by atoms with van der Waals surface area (Å²) in [6.45, 7) is 9.03. The first-order chi connectivity index (χ1) is 33.7. The Kier molecular flexibility index (Phi) is 9.73. The lowest BCUT2D eigenvalue weighted by Crippen LogP contribution is -2.15. The fourth-order valence-electron chi connectivity index (χ4n) is 10.7. The first kappa shape index (κ1) is 41.4. The van der Waals surface area contributed by atoms with Crippen molar-refractivity contribution in [1.29, 1.82) is 0 Å². The van der Waals surface area contributed by atoms with Crippen LogP contribution in [0.2, 0.25) is 0 Å². The fraction of sp³-hybridized carbons (Fsp3) is 0.0769. The lowest BCUT2D eigenvalue weighted by molar-refractivity contribution is 0.660. The predicted molar refractivity (Wildman–Crippen MR) is 300 cm³/mol. The van der Waals surface area contributed by atoms with Crippen molar-refractivity contribution in [3.8, 4) is 43.4 Å². The topological polar surface area (TPSA) is 9.86 Å². The van der Waals surface area contributed by atoms with Gasteiger partial charge in [-0.25, -0.2) is 0 Å². The number of fused-ring (bicyclic) bond motifs is 9. The minimum atomic E-state index is -0.118. The highest BCUT2D eigenvalue weighted by Crippen LogP contribution is 2.50. The molecule has 1 aliphatic carbocycles. The lowest BCUT2D eigenvalue weighted by atomic mass is 9.81. The third-order valence-corrected chi connectivity index (χ3v) is 16.6. The van der Waals surface area contributed by atoms with Gasteiger partial charge in [-0.3, -0.25) is 0 Å². The molecule has 0 fully saturated rings. The average molecular weight is 921 g/mol. The van der Waals surface area contributed by atoms with Gasteiger partial charge in [0.25, 0.3) is 0 Å². The van der Waals surface area contributed by atoms with Crippen LogP contribution in [0.5, 0.6) is 0 Å². The number of thiophene rings is 2. The zero-order valence-electron chi connectivity index (χ0n) is 39.0. The molecule has 1 aliphatic rings. The number of aryl methyl sites for hydroxylation is 2. The molecular weight excluding hydrogens is 873 g/mol. The van der Waals surface area contributed by atoms with E-state index < -0.39 is 0 Å². The Bertz CT molecular complexity index is 3790. The standard InChI is InChI=1S/C65H48N2S2/c1-41-13-23-47(24-14-41)66-59-11-7-5-9-53(59)55-39-45(21-33-61(55)66)63-35-29-49(68-63)27-17-43-19-31-51-52-32-20-44(38-58(52)65(3,4)57(51)37-43)18-28-50-30-36-64(69-50)46-22-34-62-56(40-46)54-10-6-8-12-60(54)67(62)48-25-15-42(2)16-26-48/h5-40H,1-4H3. The predicted octanol–water partition coefficient (Wildman–Crippen LogP) is 18.6. The number of para-hydroxylation sites is 2.